The van der Waals surface area contributed by atoms with Crippen LogP contribution in [0.3, 0.4) is 0 Å². The van der Waals surface area contributed by atoms with Gasteiger partial charge in [-0.25, -0.2) is 14.6 Å². The first-order valence-electron chi connectivity index (χ1n) is 9.65. The zero-order valence-electron chi connectivity index (χ0n) is 16.2. The summed E-state index contributed by atoms with van der Waals surface area (Å²) >= 11 is 0. The third kappa shape index (κ3) is 4.53. The third-order valence-corrected chi connectivity index (χ3v) is 4.99. The van der Waals surface area contributed by atoms with E-state index in [4.69, 9.17) is 9.47 Å². The molecule has 0 unspecified atom stereocenters. The number of nitrogens with zero attached hydrogens (tertiary/aromatic N) is 4. The Kier molecular flexibility index (Phi) is 5.69. The van der Waals surface area contributed by atoms with Gasteiger partial charge in [0.15, 0.2) is 0 Å². The number of nitrogens with one attached hydrogen (secondary N) is 1. The molecule has 150 valence electrons. The number of carbonyl (C=O) groups excluding carboxylic acids is 1. The normalized spacial score (nSPS) is 18.8. The quantitative estimate of drug-likeness (QED) is 0.692. The van der Waals surface area contributed by atoms with E-state index in [-0.39, 0.29) is 18.1 Å². The predicted octanol–water partition coefficient (Wildman–Crippen LogP) is 2.79. The summed E-state index contributed by atoms with van der Waals surface area (Å²) in [7, 11) is 1.55. The number of amides is 1. The third-order valence-electron chi connectivity index (χ3n) is 4.99. The lowest BCUT2D eigenvalue weighted by Crippen LogP contribution is -2.39. The van der Waals surface area contributed by atoms with Crippen molar-refractivity contribution >= 4 is 5.91 Å². The minimum atomic E-state index is -0.0704. The zero-order valence-corrected chi connectivity index (χ0v) is 16.2. The van der Waals surface area contributed by atoms with Crippen molar-refractivity contribution in [2.45, 2.75) is 37.8 Å². The molecule has 8 heteroatoms. The zero-order chi connectivity index (χ0) is 20.1. The van der Waals surface area contributed by atoms with Gasteiger partial charge >= 0.3 is 0 Å². The van der Waals surface area contributed by atoms with Gasteiger partial charge in [-0.05, 0) is 49.9 Å². The second-order valence-corrected chi connectivity index (χ2v) is 6.94. The molecule has 1 saturated carbocycles. The number of hydrogen-bond donors (Lipinski definition) is 1. The summed E-state index contributed by atoms with van der Waals surface area (Å²) in [5.74, 6) is 0.733. The largest absolute Gasteiger partial charge is 0.477 e. The molecule has 0 radical (unpaired) electrons. The molecule has 1 aromatic carbocycles. The van der Waals surface area contributed by atoms with Crippen LogP contribution in [0, 0.1) is 0 Å². The van der Waals surface area contributed by atoms with Crippen molar-refractivity contribution in [3.05, 3.63) is 60.7 Å². The fourth-order valence-corrected chi connectivity index (χ4v) is 3.50. The highest BCUT2D eigenvalue weighted by Gasteiger charge is 2.25. The summed E-state index contributed by atoms with van der Waals surface area (Å²) in [5.41, 5.74) is 1.48. The van der Waals surface area contributed by atoms with E-state index >= 15 is 0 Å². The van der Waals surface area contributed by atoms with Crippen LogP contribution < -0.4 is 14.8 Å². The maximum atomic E-state index is 12.7. The van der Waals surface area contributed by atoms with Crippen LogP contribution in [0.15, 0.2) is 55.1 Å². The lowest BCUT2D eigenvalue weighted by molar-refractivity contribution is 0.0886. The van der Waals surface area contributed by atoms with Crippen LogP contribution in [0.25, 0.3) is 5.69 Å². The highest BCUT2D eigenvalue weighted by Crippen LogP contribution is 2.27. The molecule has 1 N–H and O–H groups in total. The molecular weight excluding hydrogens is 370 g/mol. The van der Waals surface area contributed by atoms with Gasteiger partial charge in [0.25, 0.3) is 17.7 Å². The average Bonchev–Trinajstić information content (AvgIpc) is 3.31. The van der Waals surface area contributed by atoms with E-state index in [0.29, 0.717) is 17.3 Å². The molecule has 0 spiro atoms. The smallest absolute Gasteiger partial charge is 0.278 e. The Labute approximate surface area is 168 Å². The van der Waals surface area contributed by atoms with Gasteiger partial charge in [-0.1, -0.05) is 6.07 Å². The molecule has 29 heavy (non-hydrogen) atoms. The standard InChI is InChI=1S/C21H23N5O3/c1-28-20-21(23-12-11-22-20)29-18-8-6-16(7-9-18)25-19(27)15-4-2-5-17(14-15)26-13-3-10-24-26/h2-5,10-14,16,18H,6-9H2,1H3,(H,25,27). The van der Waals surface area contributed by atoms with Crippen LogP contribution in [0.4, 0.5) is 0 Å². The summed E-state index contributed by atoms with van der Waals surface area (Å²) in [6.45, 7) is 0. The molecule has 0 atom stereocenters. The first kappa shape index (κ1) is 18.9. The lowest BCUT2D eigenvalue weighted by atomic mass is 9.92. The van der Waals surface area contributed by atoms with Crippen LogP contribution in [-0.2, 0) is 0 Å². The van der Waals surface area contributed by atoms with Crippen molar-refractivity contribution in [3.63, 3.8) is 0 Å². The lowest BCUT2D eigenvalue weighted by Gasteiger charge is -2.29. The number of rotatable bonds is 6. The molecular formula is C21H23N5O3. The second-order valence-electron chi connectivity index (χ2n) is 6.94. The number of hydrogen-bond acceptors (Lipinski definition) is 6. The Hall–Kier alpha value is -3.42. The molecule has 0 aliphatic heterocycles. The Morgan fingerprint density at radius 1 is 1.07 bits per heavy atom. The minimum absolute atomic E-state index is 0.0388. The average molecular weight is 393 g/mol. The summed E-state index contributed by atoms with van der Waals surface area (Å²) in [5, 5.41) is 7.35. The number of methoxy groups -OCH3 is 1. The Morgan fingerprint density at radius 2 is 1.86 bits per heavy atom. The van der Waals surface area contributed by atoms with Crippen molar-refractivity contribution in [1.82, 2.24) is 25.1 Å². The van der Waals surface area contributed by atoms with Gasteiger partial charge in [0.2, 0.25) is 0 Å². The molecule has 0 bridgehead atoms. The van der Waals surface area contributed by atoms with Crippen molar-refractivity contribution in [1.29, 1.82) is 0 Å². The molecule has 1 aliphatic carbocycles. The Morgan fingerprint density at radius 3 is 2.59 bits per heavy atom. The van der Waals surface area contributed by atoms with E-state index in [9.17, 15) is 4.79 Å². The monoisotopic (exact) mass is 393 g/mol. The van der Waals surface area contributed by atoms with Crippen molar-refractivity contribution < 1.29 is 14.3 Å². The molecule has 4 rings (SSSR count). The first-order chi connectivity index (χ1) is 14.2. The van der Waals surface area contributed by atoms with Gasteiger partial charge in [0.1, 0.15) is 6.10 Å². The number of carbonyl (C=O) groups is 1. The van der Waals surface area contributed by atoms with Gasteiger partial charge in [0, 0.05) is 36.4 Å². The van der Waals surface area contributed by atoms with Crippen LogP contribution in [0.2, 0.25) is 0 Å². The molecule has 2 aromatic heterocycles. The van der Waals surface area contributed by atoms with Crippen LogP contribution in [0.1, 0.15) is 36.0 Å². The highest BCUT2D eigenvalue weighted by molar-refractivity contribution is 5.94. The van der Waals surface area contributed by atoms with E-state index in [0.717, 1.165) is 31.4 Å². The molecule has 8 nitrogen and oxygen atoms in total. The van der Waals surface area contributed by atoms with Crippen LogP contribution in [0.5, 0.6) is 11.8 Å². The summed E-state index contributed by atoms with van der Waals surface area (Å²) < 4.78 is 12.9. The maximum Gasteiger partial charge on any atom is 0.278 e. The summed E-state index contributed by atoms with van der Waals surface area (Å²) in [4.78, 5) is 21.0. The van der Waals surface area contributed by atoms with Crippen molar-refractivity contribution in [3.8, 4) is 17.4 Å². The molecule has 3 aromatic rings. The van der Waals surface area contributed by atoms with Gasteiger partial charge in [0.05, 0.1) is 12.8 Å². The van der Waals surface area contributed by atoms with Crippen molar-refractivity contribution in [2.24, 2.45) is 0 Å². The van der Waals surface area contributed by atoms with E-state index in [1.807, 2.05) is 36.5 Å². The molecule has 0 saturated heterocycles. The number of benzene rings is 1. The number of ether oxygens (including phenoxy) is 2. The van der Waals surface area contributed by atoms with Crippen LogP contribution >= 0.6 is 0 Å². The van der Waals surface area contributed by atoms with E-state index in [1.54, 1.807) is 30.4 Å². The Bertz CT molecular complexity index is 952. The van der Waals surface area contributed by atoms with Gasteiger partial charge < -0.3 is 14.8 Å². The summed E-state index contributed by atoms with van der Waals surface area (Å²) in [6.07, 6.45) is 10.1. The Balaban J connectivity index is 1.32. The van der Waals surface area contributed by atoms with Crippen molar-refractivity contribution in [2.75, 3.05) is 7.11 Å². The maximum absolute atomic E-state index is 12.7. The second kappa shape index (κ2) is 8.72. The van der Waals surface area contributed by atoms with E-state index in [1.165, 1.54) is 0 Å². The van der Waals surface area contributed by atoms with Gasteiger partial charge in [-0.3, -0.25) is 4.79 Å². The fraction of sp³-hybridized carbons (Fsp3) is 0.333. The van der Waals surface area contributed by atoms with E-state index < -0.39 is 0 Å². The van der Waals surface area contributed by atoms with Gasteiger partial charge in [-0.15, -0.1) is 0 Å². The minimum Gasteiger partial charge on any atom is -0.477 e. The van der Waals surface area contributed by atoms with Crippen LogP contribution in [-0.4, -0.2) is 44.9 Å². The molecule has 1 fully saturated rings. The van der Waals surface area contributed by atoms with Gasteiger partial charge in [-0.2, -0.15) is 5.10 Å². The fourth-order valence-electron chi connectivity index (χ4n) is 3.50. The predicted molar refractivity (Wildman–Crippen MR) is 106 cm³/mol. The van der Waals surface area contributed by atoms with E-state index in [2.05, 4.69) is 20.4 Å². The first-order valence-corrected chi connectivity index (χ1v) is 9.65. The SMILES string of the molecule is COc1nccnc1OC1CCC(NC(=O)c2cccc(-n3cccn3)c2)CC1. The highest BCUT2D eigenvalue weighted by atomic mass is 16.5. The number of aromatic nitrogens is 4. The molecule has 1 amide bonds. The molecule has 2 heterocycles. The summed E-state index contributed by atoms with van der Waals surface area (Å²) in [6, 6.07) is 9.43. The topological polar surface area (TPSA) is 91.2 Å². The molecule has 1 aliphatic rings.